The van der Waals surface area contributed by atoms with Gasteiger partial charge in [-0.3, -0.25) is 33.7 Å². The van der Waals surface area contributed by atoms with Crippen molar-refractivity contribution in [1.29, 1.82) is 0 Å². The average molecular weight is 786 g/mol. The van der Waals surface area contributed by atoms with Crippen LogP contribution in [0.15, 0.2) is 72.5 Å². The van der Waals surface area contributed by atoms with Crippen molar-refractivity contribution in [2.45, 2.75) is 115 Å². The lowest BCUT2D eigenvalue weighted by Crippen LogP contribution is -2.60. The van der Waals surface area contributed by atoms with Crippen LogP contribution in [0.2, 0.25) is 0 Å². The Balaban J connectivity index is 1.33. The van der Waals surface area contributed by atoms with Gasteiger partial charge in [0.15, 0.2) is 0 Å². The number of imide groups is 1. The maximum Gasteiger partial charge on any atom is 0.257 e. The van der Waals surface area contributed by atoms with Crippen molar-refractivity contribution >= 4 is 35.4 Å². The van der Waals surface area contributed by atoms with E-state index in [0.717, 1.165) is 17.5 Å². The molecule has 2 saturated heterocycles. The molecule has 6 amide bonds. The minimum Gasteiger partial charge on any atom is -0.499 e. The monoisotopic (exact) mass is 785 g/mol. The highest BCUT2D eigenvalue weighted by atomic mass is 16.5. The van der Waals surface area contributed by atoms with Crippen LogP contribution in [0.5, 0.6) is 0 Å². The van der Waals surface area contributed by atoms with Gasteiger partial charge in [-0.25, -0.2) is 0 Å². The van der Waals surface area contributed by atoms with Gasteiger partial charge in [0, 0.05) is 46.2 Å². The van der Waals surface area contributed by atoms with E-state index in [1.165, 1.54) is 27.9 Å². The fourth-order valence-corrected chi connectivity index (χ4v) is 8.57. The molecule has 13 nitrogen and oxygen atoms in total. The molecule has 0 radical (unpaired) electrons. The van der Waals surface area contributed by atoms with Crippen LogP contribution >= 0.6 is 0 Å². The molecule has 13 heteroatoms. The number of benzene rings is 2. The molecule has 5 rings (SSSR count). The standard InChI is InChI=1S/C44H59N5O8/c1-7-16-32(56-5)27-38(50)45-33(25-30-17-10-8-11-18-30)41(52)47-23-14-21-34(47)42(53)46(4)40(29(2)3)44(55)48-24-15-22-35(48)43(54)49-36(37(57-6)28-39(49)51)26-31-19-12-9-13-20-31/h8-13,17-20,28-29,32-36,40H,7,14-16,21-27H2,1-6H3,(H,45,50)/t32?,33-,34+,35-,36+,40+/m1/s1. The van der Waals surface area contributed by atoms with Crippen LogP contribution in [0.3, 0.4) is 0 Å². The molecule has 3 heterocycles. The molecule has 3 aliphatic rings. The van der Waals surface area contributed by atoms with Crippen molar-refractivity contribution in [1.82, 2.24) is 24.9 Å². The van der Waals surface area contributed by atoms with Gasteiger partial charge < -0.3 is 29.5 Å². The topological polar surface area (TPSA) is 146 Å². The predicted molar refractivity (Wildman–Crippen MR) is 214 cm³/mol. The number of hydrogen-bond acceptors (Lipinski definition) is 8. The smallest absolute Gasteiger partial charge is 0.257 e. The van der Waals surface area contributed by atoms with Gasteiger partial charge in [-0.1, -0.05) is 87.9 Å². The van der Waals surface area contributed by atoms with Crippen molar-refractivity contribution in [3.05, 3.63) is 83.6 Å². The summed E-state index contributed by atoms with van der Waals surface area (Å²) in [6.45, 7) is 6.34. The first-order valence-corrected chi connectivity index (χ1v) is 20.3. The van der Waals surface area contributed by atoms with Crippen LogP contribution < -0.4 is 5.32 Å². The van der Waals surface area contributed by atoms with Gasteiger partial charge >= 0.3 is 0 Å². The van der Waals surface area contributed by atoms with Crippen LogP contribution in [-0.2, 0) is 51.1 Å². The third-order valence-electron chi connectivity index (χ3n) is 11.5. The van der Waals surface area contributed by atoms with E-state index in [4.69, 9.17) is 9.47 Å². The number of ether oxygens (including phenoxy) is 2. The fourth-order valence-electron chi connectivity index (χ4n) is 8.57. The summed E-state index contributed by atoms with van der Waals surface area (Å²) in [5.74, 6) is -2.34. The summed E-state index contributed by atoms with van der Waals surface area (Å²) in [4.78, 5) is 90.0. The first kappa shape index (κ1) is 43.1. The molecule has 2 aromatic rings. The van der Waals surface area contributed by atoms with E-state index in [9.17, 15) is 28.8 Å². The molecule has 0 aromatic heterocycles. The molecule has 6 atom stereocenters. The summed E-state index contributed by atoms with van der Waals surface area (Å²) < 4.78 is 11.0. The zero-order valence-corrected chi connectivity index (χ0v) is 34.2. The molecule has 308 valence electrons. The second-order valence-electron chi connectivity index (χ2n) is 15.7. The lowest BCUT2D eigenvalue weighted by molar-refractivity contribution is -0.155. The summed E-state index contributed by atoms with van der Waals surface area (Å²) in [6, 6.07) is 14.7. The van der Waals surface area contributed by atoms with Crippen LogP contribution in [0.25, 0.3) is 0 Å². The summed E-state index contributed by atoms with van der Waals surface area (Å²) in [6.07, 6.45) is 5.24. The first-order chi connectivity index (χ1) is 27.4. The molecule has 0 spiro atoms. The van der Waals surface area contributed by atoms with Gasteiger partial charge in [0.25, 0.3) is 11.8 Å². The number of amides is 6. The number of likely N-dealkylation sites (N-methyl/N-ethyl adjacent to an activating group) is 1. The molecule has 2 aromatic carbocycles. The van der Waals surface area contributed by atoms with Crippen molar-refractivity contribution in [3.63, 3.8) is 0 Å². The highest BCUT2D eigenvalue weighted by molar-refractivity contribution is 6.07. The molecule has 1 N–H and O–H groups in total. The number of likely N-dealkylation sites (tertiary alicyclic amines) is 2. The van der Waals surface area contributed by atoms with Crippen LogP contribution in [0, 0.1) is 5.92 Å². The largest absolute Gasteiger partial charge is 0.499 e. The molecule has 0 saturated carbocycles. The van der Waals surface area contributed by atoms with E-state index < -0.39 is 42.0 Å². The van der Waals surface area contributed by atoms with Crippen molar-refractivity contribution in [2.24, 2.45) is 5.92 Å². The van der Waals surface area contributed by atoms with Gasteiger partial charge in [-0.15, -0.1) is 0 Å². The summed E-state index contributed by atoms with van der Waals surface area (Å²) in [5.41, 5.74) is 1.79. The number of nitrogens with one attached hydrogen (secondary N) is 1. The number of hydrogen-bond donors (Lipinski definition) is 1. The number of nitrogens with zero attached hydrogens (tertiary/aromatic N) is 4. The summed E-state index contributed by atoms with van der Waals surface area (Å²) in [5, 5.41) is 2.95. The van der Waals surface area contributed by atoms with Gasteiger partial charge in [0.05, 0.1) is 19.6 Å². The van der Waals surface area contributed by atoms with Gasteiger partial charge in [0.2, 0.25) is 23.6 Å². The van der Waals surface area contributed by atoms with Gasteiger partial charge in [-0.05, 0) is 49.1 Å². The Morgan fingerprint density at radius 3 is 2.04 bits per heavy atom. The van der Waals surface area contributed by atoms with E-state index in [1.807, 2.05) is 81.4 Å². The third-order valence-corrected chi connectivity index (χ3v) is 11.5. The minimum absolute atomic E-state index is 0.107. The predicted octanol–water partition coefficient (Wildman–Crippen LogP) is 3.89. The van der Waals surface area contributed by atoms with E-state index in [-0.39, 0.29) is 48.5 Å². The molecule has 57 heavy (non-hydrogen) atoms. The third kappa shape index (κ3) is 10.1. The molecule has 0 aliphatic carbocycles. The number of rotatable bonds is 17. The number of methoxy groups -OCH3 is 2. The zero-order valence-electron chi connectivity index (χ0n) is 34.2. The Bertz CT molecular complexity index is 1770. The Kier molecular flexibility index (Phi) is 15.0. The first-order valence-electron chi connectivity index (χ1n) is 20.3. The van der Waals surface area contributed by atoms with E-state index >= 15 is 0 Å². The number of carbonyl (C=O) groups excluding carboxylic acids is 6. The second kappa shape index (κ2) is 19.9. The maximum atomic E-state index is 14.6. The van der Waals surface area contributed by atoms with Gasteiger partial charge in [0.1, 0.15) is 36.0 Å². The Labute approximate surface area is 336 Å². The number of carbonyl (C=O) groups is 6. The molecule has 0 bridgehead atoms. The van der Waals surface area contributed by atoms with Crippen LogP contribution in [0.1, 0.15) is 76.8 Å². The normalized spacial score (nSPS) is 21.0. The zero-order chi connectivity index (χ0) is 41.2. The SMILES string of the molecule is CCCC(CC(=O)N[C@H](Cc1ccccc1)C(=O)N1CCC[C@H]1C(=O)N(C)[C@H](C(=O)N1CCC[C@@H]1C(=O)N1C(=O)C=C(OC)[C@@H]1Cc1ccccc1)C(C)C)OC. The lowest BCUT2D eigenvalue weighted by atomic mass is 9.99. The van der Waals surface area contributed by atoms with Crippen molar-refractivity contribution < 1.29 is 38.2 Å². The second-order valence-corrected chi connectivity index (χ2v) is 15.7. The van der Waals surface area contributed by atoms with E-state index in [0.29, 0.717) is 57.4 Å². The quantitative estimate of drug-likeness (QED) is 0.238. The highest BCUT2D eigenvalue weighted by Crippen LogP contribution is 2.31. The Morgan fingerprint density at radius 2 is 1.46 bits per heavy atom. The molecular weight excluding hydrogens is 727 g/mol. The van der Waals surface area contributed by atoms with Crippen LogP contribution in [-0.4, -0.2) is 126 Å². The minimum atomic E-state index is -0.935. The summed E-state index contributed by atoms with van der Waals surface area (Å²) in [7, 11) is 4.62. The average Bonchev–Trinajstić information content (AvgIpc) is 3.97. The van der Waals surface area contributed by atoms with Crippen molar-refractivity contribution in [2.75, 3.05) is 34.4 Å². The molecular formula is C44H59N5O8. The molecule has 2 fully saturated rings. The van der Waals surface area contributed by atoms with Crippen LogP contribution in [0.4, 0.5) is 0 Å². The lowest BCUT2D eigenvalue weighted by Gasteiger charge is -2.38. The Hall–Kier alpha value is -5.04. The van der Waals surface area contributed by atoms with E-state index in [2.05, 4.69) is 5.32 Å². The molecule has 3 aliphatic heterocycles. The molecule has 1 unspecified atom stereocenters. The highest BCUT2D eigenvalue weighted by Gasteiger charge is 2.48. The van der Waals surface area contributed by atoms with Crippen molar-refractivity contribution in [3.8, 4) is 0 Å². The Morgan fingerprint density at radius 1 is 0.860 bits per heavy atom. The van der Waals surface area contributed by atoms with E-state index in [1.54, 1.807) is 19.1 Å². The maximum absolute atomic E-state index is 14.6. The summed E-state index contributed by atoms with van der Waals surface area (Å²) >= 11 is 0. The van der Waals surface area contributed by atoms with Gasteiger partial charge in [-0.2, -0.15) is 0 Å². The fraction of sp³-hybridized carbons (Fsp3) is 0.545.